The van der Waals surface area contributed by atoms with E-state index in [2.05, 4.69) is 5.10 Å². The van der Waals surface area contributed by atoms with Crippen LogP contribution < -0.4 is 5.73 Å². The minimum absolute atomic E-state index is 0.0281. The molecule has 3 aromatic rings. The molecule has 0 fully saturated rings. The summed E-state index contributed by atoms with van der Waals surface area (Å²) in [5.41, 5.74) is 5.31. The van der Waals surface area contributed by atoms with E-state index in [-0.39, 0.29) is 22.2 Å². The molecule has 1 amide bonds. The number of carbonyl (C=O) groups is 2. The van der Waals surface area contributed by atoms with Gasteiger partial charge >= 0.3 is 5.97 Å². The SMILES string of the molecule is CSC(C(N)=O)n1nc(-c2cccc(F)c2)c2c(F)c(C(=O)O)ccc21. The minimum Gasteiger partial charge on any atom is -0.478 e. The summed E-state index contributed by atoms with van der Waals surface area (Å²) in [4.78, 5) is 23.0. The molecule has 134 valence electrons. The second-order valence-corrected chi connectivity index (χ2v) is 6.34. The quantitative estimate of drug-likeness (QED) is 0.712. The molecule has 3 rings (SSSR count). The predicted molar refractivity (Wildman–Crippen MR) is 93.8 cm³/mol. The van der Waals surface area contributed by atoms with Crippen molar-refractivity contribution >= 4 is 34.5 Å². The Balaban J connectivity index is 2.40. The molecular formula is C17H13F2N3O3S. The molecule has 6 nitrogen and oxygen atoms in total. The van der Waals surface area contributed by atoms with Crippen molar-refractivity contribution in [2.24, 2.45) is 5.73 Å². The lowest BCUT2D eigenvalue weighted by molar-refractivity contribution is -0.118. The average Bonchev–Trinajstić information content (AvgIpc) is 2.95. The van der Waals surface area contributed by atoms with Gasteiger partial charge in [-0.1, -0.05) is 12.1 Å². The number of hydrogen-bond donors (Lipinski definition) is 2. The van der Waals surface area contributed by atoms with Crippen molar-refractivity contribution < 1.29 is 23.5 Å². The van der Waals surface area contributed by atoms with Crippen LogP contribution in [-0.4, -0.2) is 33.0 Å². The van der Waals surface area contributed by atoms with E-state index in [0.717, 1.165) is 23.9 Å². The Kier molecular flexibility index (Phi) is 4.64. The Bertz CT molecular complexity index is 1040. The Morgan fingerprint density at radius 1 is 1.27 bits per heavy atom. The van der Waals surface area contributed by atoms with Crippen molar-refractivity contribution in [3.63, 3.8) is 0 Å². The molecule has 0 aliphatic heterocycles. The summed E-state index contributed by atoms with van der Waals surface area (Å²) in [5, 5.41) is 12.4. The largest absolute Gasteiger partial charge is 0.478 e. The van der Waals surface area contributed by atoms with Crippen LogP contribution in [0.15, 0.2) is 36.4 Å². The van der Waals surface area contributed by atoms with Crippen LogP contribution in [0.25, 0.3) is 22.2 Å². The van der Waals surface area contributed by atoms with Crippen LogP contribution in [0.2, 0.25) is 0 Å². The Morgan fingerprint density at radius 2 is 2.00 bits per heavy atom. The van der Waals surface area contributed by atoms with Gasteiger partial charge in [0.1, 0.15) is 17.3 Å². The second-order valence-electron chi connectivity index (χ2n) is 5.42. The van der Waals surface area contributed by atoms with E-state index < -0.39 is 34.4 Å². The van der Waals surface area contributed by atoms with Crippen molar-refractivity contribution in [1.29, 1.82) is 0 Å². The van der Waals surface area contributed by atoms with E-state index >= 15 is 0 Å². The molecular weight excluding hydrogens is 364 g/mol. The van der Waals surface area contributed by atoms with Crippen LogP contribution in [0.1, 0.15) is 15.7 Å². The van der Waals surface area contributed by atoms with Crippen LogP contribution in [0.3, 0.4) is 0 Å². The molecule has 1 unspecified atom stereocenters. The molecule has 0 saturated heterocycles. The first-order valence-electron chi connectivity index (χ1n) is 7.37. The van der Waals surface area contributed by atoms with E-state index in [0.29, 0.717) is 0 Å². The summed E-state index contributed by atoms with van der Waals surface area (Å²) >= 11 is 1.09. The molecule has 1 atom stereocenters. The fourth-order valence-electron chi connectivity index (χ4n) is 2.71. The van der Waals surface area contributed by atoms with Crippen molar-refractivity contribution in [3.8, 4) is 11.3 Å². The van der Waals surface area contributed by atoms with E-state index in [9.17, 15) is 23.5 Å². The van der Waals surface area contributed by atoms with E-state index in [1.807, 2.05) is 0 Å². The van der Waals surface area contributed by atoms with Gasteiger partial charge in [-0.05, 0) is 30.5 Å². The number of nitrogens with zero attached hydrogens (tertiary/aromatic N) is 2. The molecule has 1 aromatic heterocycles. The summed E-state index contributed by atoms with van der Waals surface area (Å²) in [6.07, 6.45) is 1.63. The van der Waals surface area contributed by atoms with Crippen LogP contribution in [-0.2, 0) is 4.79 Å². The first kappa shape index (κ1) is 17.9. The number of aromatic carboxylic acids is 1. The number of carboxylic acid groups (broad SMARTS) is 1. The average molecular weight is 377 g/mol. The van der Waals surface area contributed by atoms with Crippen LogP contribution in [0.4, 0.5) is 8.78 Å². The van der Waals surface area contributed by atoms with Crippen molar-refractivity contribution in [2.75, 3.05) is 6.26 Å². The number of hydrogen-bond acceptors (Lipinski definition) is 4. The maximum absolute atomic E-state index is 14.9. The van der Waals surface area contributed by atoms with Crippen LogP contribution in [0.5, 0.6) is 0 Å². The highest BCUT2D eigenvalue weighted by molar-refractivity contribution is 7.99. The number of amides is 1. The molecule has 0 radical (unpaired) electrons. The molecule has 26 heavy (non-hydrogen) atoms. The number of halogens is 2. The number of carboxylic acids is 1. The summed E-state index contributed by atoms with van der Waals surface area (Å²) in [6.45, 7) is 0. The lowest BCUT2D eigenvalue weighted by Crippen LogP contribution is -2.24. The maximum atomic E-state index is 14.9. The topological polar surface area (TPSA) is 98.2 Å². The molecule has 0 aliphatic carbocycles. The van der Waals surface area contributed by atoms with Gasteiger partial charge in [0, 0.05) is 5.56 Å². The third-order valence-electron chi connectivity index (χ3n) is 3.83. The monoisotopic (exact) mass is 377 g/mol. The second kappa shape index (κ2) is 6.75. The molecule has 0 saturated carbocycles. The van der Waals surface area contributed by atoms with E-state index in [1.165, 1.54) is 28.9 Å². The minimum atomic E-state index is -1.45. The highest BCUT2D eigenvalue weighted by Gasteiger charge is 2.26. The van der Waals surface area contributed by atoms with Gasteiger partial charge in [0.15, 0.2) is 5.37 Å². The zero-order valence-electron chi connectivity index (χ0n) is 13.4. The summed E-state index contributed by atoms with van der Waals surface area (Å²) in [5.74, 6) is -3.71. The van der Waals surface area contributed by atoms with Gasteiger partial charge in [-0.2, -0.15) is 5.10 Å². The summed E-state index contributed by atoms with van der Waals surface area (Å²) in [7, 11) is 0. The van der Waals surface area contributed by atoms with Gasteiger partial charge in [0.2, 0.25) is 0 Å². The number of fused-ring (bicyclic) bond motifs is 1. The Labute approximate surface area is 150 Å². The predicted octanol–water partition coefficient (Wildman–Crippen LogP) is 3.03. The number of primary amides is 1. The number of thioether (sulfide) groups is 1. The Hall–Kier alpha value is -2.94. The number of benzene rings is 2. The zero-order valence-corrected chi connectivity index (χ0v) is 14.3. The molecule has 1 heterocycles. The van der Waals surface area contributed by atoms with Crippen molar-refractivity contribution in [3.05, 3.63) is 53.6 Å². The van der Waals surface area contributed by atoms with Crippen molar-refractivity contribution in [2.45, 2.75) is 5.37 Å². The number of rotatable bonds is 5. The fraction of sp³-hybridized carbons (Fsp3) is 0.118. The van der Waals surface area contributed by atoms with Gasteiger partial charge in [0.25, 0.3) is 5.91 Å². The fourth-order valence-corrected chi connectivity index (χ4v) is 3.30. The molecule has 0 spiro atoms. The third kappa shape index (κ3) is 2.90. The van der Waals surface area contributed by atoms with Gasteiger partial charge in [-0.25, -0.2) is 18.3 Å². The summed E-state index contributed by atoms with van der Waals surface area (Å²) in [6, 6.07) is 7.75. The lowest BCUT2D eigenvalue weighted by Gasteiger charge is -2.12. The maximum Gasteiger partial charge on any atom is 0.338 e. The van der Waals surface area contributed by atoms with Gasteiger partial charge in [-0.15, -0.1) is 11.8 Å². The molecule has 3 N–H and O–H groups in total. The first-order chi connectivity index (χ1) is 12.3. The van der Waals surface area contributed by atoms with Gasteiger partial charge in [-0.3, -0.25) is 4.79 Å². The van der Waals surface area contributed by atoms with Gasteiger partial charge in [0.05, 0.1) is 16.5 Å². The normalized spacial score (nSPS) is 12.3. The van der Waals surface area contributed by atoms with Crippen LogP contribution in [0, 0.1) is 11.6 Å². The van der Waals surface area contributed by atoms with E-state index in [4.69, 9.17) is 5.73 Å². The molecule has 0 bridgehead atoms. The van der Waals surface area contributed by atoms with Crippen molar-refractivity contribution in [1.82, 2.24) is 9.78 Å². The number of nitrogens with two attached hydrogens (primary N) is 1. The highest BCUT2D eigenvalue weighted by atomic mass is 32.2. The number of aromatic nitrogens is 2. The highest BCUT2D eigenvalue weighted by Crippen LogP contribution is 2.35. The molecule has 0 aliphatic rings. The standard InChI is InChI=1S/C17H13F2N3O3S/c1-26-16(15(20)23)22-11-6-5-10(17(24)25)13(19)12(11)14(21-22)8-3-2-4-9(18)7-8/h2-7,16H,1H3,(H2,20,23)(H,24,25). The van der Waals surface area contributed by atoms with E-state index in [1.54, 1.807) is 6.26 Å². The Morgan fingerprint density at radius 3 is 2.58 bits per heavy atom. The lowest BCUT2D eigenvalue weighted by atomic mass is 10.0. The smallest absolute Gasteiger partial charge is 0.338 e. The first-order valence-corrected chi connectivity index (χ1v) is 8.66. The molecule has 9 heteroatoms. The molecule has 2 aromatic carbocycles. The summed E-state index contributed by atoms with van der Waals surface area (Å²) < 4.78 is 29.7. The third-order valence-corrected chi connectivity index (χ3v) is 4.71. The van der Waals surface area contributed by atoms with Gasteiger partial charge < -0.3 is 10.8 Å². The number of carbonyl (C=O) groups excluding carboxylic acids is 1. The van der Waals surface area contributed by atoms with Crippen LogP contribution >= 0.6 is 11.8 Å². The zero-order chi connectivity index (χ0) is 19.0.